The van der Waals surface area contributed by atoms with Gasteiger partial charge in [-0.05, 0) is 39.7 Å². The zero-order valence-electron chi connectivity index (χ0n) is 17.4. The minimum absolute atomic E-state index is 0.0745. The Morgan fingerprint density at radius 3 is 2.76 bits per heavy atom. The zero-order valence-corrected chi connectivity index (χ0v) is 17.4. The molecule has 0 spiro atoms. The molecule has 7 nitrogen and oxygen atoms in total. The van der Waals surface area contributed by atoms with E-state index in [9.17, 15) is 14.4 Å². The molecule has 2 saturated heterocycles. The number of rotatable bonds is 4. The molecule has 2 fully saturated rings. The molecule has 0 radical (unpaired) electrons. The average molecular weight is 404 g/mol. The Balaban J connectivity index is 1.96. The van der Waals surface area contributed by atoms with Crippen LogP contribution < -0.4 is 0 Å². The van der Waals surface area contributed by atoms with Crippen molar-refractivity contribution in [3.05, 3.63) is 35.5 Å². The third kappa shape index (κ3) is 4.45. The van der Waals surface area contributed by atoms with Gasteiger partial charge in [-0.25, -0.2) is 9.59 Å². The third-order valence-corrected chi connectivity index (χ3v) is 5.90. The topological polar surface area (TPSA) is 91.4 Å². The molecule has 5 atom stereocenters. The number of hydrogen-bond acceptors (Lipinski definition) is 7. The second kappa shape index (κ2) is 8.14. The van der Waals surface area contributed by atoms with Gasteiger partial charge in [-0.2, -0.15) is 0 Å². The van der Waals surface area contributed by atoms with E-state index in [0.717, 1.165) is 18.4 Å². The molecule has 3 rings (SSSR count). The Morgan fingerprint density at radius 2 is 2.10 bits per heavy atom. The fourth-order valence-corrected chi connectivity index (χ4v) is 3.99. The molecule has 2 aliphatic heterocycles. The van der Waals surface area contributed by atoms with Gasteiger partial charge >= 0.3 is 17.9 Å². The van der Waals surface area contributed by atoms with Gasteiger partial charge in [0.2, 0.25) is 0 Å². The van der Waals surface area contributed by atoms with Gasteiger partial charge in [0.05, 0.1) is 12.0 Å². The van der Waals surface area contributed by atoms with Crippen LogP contribution in [0.15, 0.2) is 35.5 Å². The molecule has 0 unspecified atom stereocenters. The second-order valence-electron chi connectivity index (χ2n) is 8.04. The average Bonchev–Trinajstić information content (AvgIpc) is 3.28. The van der Waals surface area contributed by atoms with Crippen molar-refractivity contribution in [2.24, 2.45) is 5.92 Å². The molecule has 2 heterocycles. The minimum Gasteiger partial charge on any atom is -0.463 e. The number of ether oxygens (including phenoxy) is 4. The number of carbonyl (C=O) groups excluding carboxylic acids is 3. The molecular weight excluding hydrogens is 376 g/mol. The summed E-state index contributed by atoms with van der Waals surface area (Å²) in [4.78, 5) is 36.2. The number of fused-ring (bicyclic) bond motifs is 2. The van der Waals surface area contributed by atoms with E-state index in [2.05, 4.69) is 6.58 Å². The highest BCUT2D eigenvalue weighted by Gasteiger charge is 2.60. The predicted molar refractivity (Wildman–Crippen MR) is 104 cm³/mol. The van der Waals surface area contributed by atoms with Crippen LogP contribution in [-0.4, -0.2) is 48.4 Å². The van der Waals surface area contributed by atoms with Crippen molar-refractivity contribution in [1.29, 1.82) is 0 Å². The second-order valence-corrected chi connectivity index (χ2v) is 8.04. The lowest BCUT2D eigenvalue weighted by Crippen LogP contribution is -2.39. The fraction of sp³-hybridized carbons (Fsp3) is 0.591. The van der Waals surface area contributed by atoms with Gasteiger partial charge in [0.1, 0.15) is 24.4 Å². The maximum Gasteiger partial charge on any atom is 0.334 e. The molecule has 0 N–H and O–H groups in total. The molecule has 0 aromatic carbocycles. The lowest BCUT2D eigenvalue weighted by atomic mass is 9.82. The number of hydrogen-bond donors (Lipinski definition) is 0. The fourth-order valence-electron chi connectivity index (χ4n) is 3.99. The maximum absolute atomic E-state index is 12.5. The van der Waals surface area contributed by atoms with Gasteiger partial charge in [0.15, 0.2) is 0 Å². The summed E-state index contributed by atoms with van der Waals surface area (Å²) in [6, 6.07) is 0. The quantitative estimate of drug-likeness (QED) is 0.234. The number of esters is 3. The van der Waals surface area contributed by atoms with Crippen LogP contribution in [0.3, 0.4) is 0 Å². The van der Waals surface area contributed by atoms with Crippen molar-refractivity contribution in [1.82, 2.24) is 0 Å². The van der Waals surface area contributed by atoms with Gasteiger partial charge in [0, 0.05) is 24.5 Å². The first-order valence-electron chi connectivity index (χ1n) is 9.89. The summed E-state index contributed by atoms with van der Waals surface area (Å²) in [5.41, 5.74) is 1.05. The molecule has 0 aromatic rings. The van der Waals surface area contributed by atoms with Gasteiger partial charge < -0.3 is 18.9 Å². The lowest BCUT2D eigenvalue weighted by molar-refractivity contribution is -0.151. The smallest absolute Gasteiger partial charge is 0.334 e. The van der Waals surface area contributed by atoms with E-state index in [4.69, 9.17) is 18.9 Å². The van der Waals surface area contributed by atoms with Gasteiger partial charge in [-0.15, -0.1) is 0 Å². The highest BCUT2D eigenvalue weighted by atomic mass is 16.6. The first kappa shape index (κ1) is 21.3. The molecule has 0 bridgehead atoms. The number of allylic oxidation sites excluding steroid dienone is 2. The molecule has 1 aliphatic carbocycles. The molecular formula is C22H28O7. The van der Waals surface area contributed by atoms with Crippen molar-refractivity contribution >= 4 is 17.9 Å². The van der Waals surface area contributed by atoms with Crippen molar-refractivity contribution < 1.29 is 33.3 Å². The van der Waals surface area contributed by atoms with Crippen LogP contribution in [-0.2, 0) is 33.3 Å². The summed E-state index contributed by atoms with van der Waals surface area (Å²) in [5.74, 6) is -1.89. The minimum atomic E-state index is -0.742. The van der Waals surface area contributed by atoms with Crippen LogP contribution in [0.25, 0.3) is 0 Å². The van der Waals surface area contributed by atoms with E-state index in [1.165, 1.54) is 6.92 Å². The van der Waals surface area contributed by atoms with E-state index in [0.29, 0.717) is 5.57 Å². The van der Waals surface area contributed by atoms with Crippen molar-refractivity contribution in [3.8, 4) is 0 Å². The molecule has 0 amide bonds. The van der Waals surface area contributed by atoms with E-state index in [1.54, 1.807) is 19.9 Å². The summed E-state index contributed by atoms with van der Waals surface area (Å²) >= 11 is 0. The van der Waals surface area contributed by atoms with Crippen molar-refractivity contribution in [2.45, 2.75) is 70.9 Å². The standard InChI is InChI=1S/C22H28O7/c1-6-13(3)20(24)28-17-10-22(11-26-15(5)23)18(29-22)8-7-12(2)9-16-19(17)14(4)21(25)27-16/h6,9,16-19H,4,7-8,10-11H2,1-3,5H3/b12-9+,13-6-/t16-,17-,18+,19+,22+/m1/s1. The largest absolute Gasteiger partial charge is 0.463 e. The first-order valence-corrected chi connectivity index (χ1v) is 9.89. The van der Waals surface area contributed by atoms with Crippen LogP contribution in [0, 0.1) is 5.92 Å². The summed E-state index contributed by atoms with van der Waals surface area (Å²) in [7, 11) is 0. The van der Waals surface area contributed by atoms with Gasteiger partial charge in [-0.3, -0.25) is 4.79 Å². The Kier molecular flexibility index (Phi) is 5.98. The summed E-state index contributed by atoms with van der Waals surface area (Å²) in [6.45, 7) is 10.7. The summed E-state index contributed by atoms with van der Waals surface area (Å²) < 4.78 is 22.6. The molecule has 29 heavy (non-hydrogen) atoms. The highest BCUT2D eigenvalue weighted by Crippen LogP contribution is 2.48. The zero-order chi connectivity index (χ0) is 21.3. The Bertz CT molecular complexity index is 793. The normalized spacial score (nSPS) is 36.1. The molecule has 7 heteroatoms. The van der Waals surface area contributed by atoms with Crippen molar-refractivity contribution in [3.63, 3.8) is 0 Å². The molecule has 0 aromatic heterocycles. The Labute approximate surface area is 170 Å². The highest BCUT2D eigenvalue weighted by molar-refractivity contribution is 5.92. The third-order valence-electron chi connectivity index (χ3n) is 5.90. The van der Waals surface area contributed by atoms with Crippen LogP contribution in [0.5, 0.6) is 0 Å². The van der Waals surface area contributed by atoms with Crippen LogP contribution in [0.4, 0.5) is 0 Å². The lowest BCUT2D eigenvalue weighted by Gasteiger charge is -2.29. The number of epoxide rings is 1. The predicted octanol–water partition coefficient (Wildman–Crippen LogP) is 2.79. The summed E-state index contributed by atoms with van der Waals surface area (Å²) in [5, 5.41) is 0. The van der Waals surface area contributed by atoms with E-state index in [-0.39, 0.29) is 24.7 Å². The SMILES string of the molecule is C=C1C(=O)O[C@@H]2/C=C(\C)CC[C@@H]3O[C@]3(COC(C)=O)C[C@@H](OC(=O)/C(C)=C\C)[C@@H]12. The first-order chi connectivity index (χ1) is 13.7. The Hall–Kier alpha value is -2.41. The van der Waals surface area contributed by atoms with Crippen LogP contribution >= 0.6 is 0 Å². The van der Waals surface area contributed by atoms with E-state index < -0.39 is 41.6 Å². The van der Waals surface area contributed by atoms with Crippen LogP contribution in [0.2, 0.25) is 0 Å². The van der Waals surface area contributed by atoms with E-state index >= 15 is 0 Å². The Morgan fingerprint density at radius 1 is 1.38 bits per heavy atom. The molecule has 0 saturated carbocycles. The summed E-state index contributed by atoms with van der Waals surface area (Å²) in [6.07, 6.45) is 4.00. The molecule has 158 valence electrons. The molecule has 3 aliphatic rings. The van der Waals surface area contributed by atoms with E-state index in [1.807, 2.05) is 13.0 Å². The monoisotopic (exact) mass is 404 g/mol. The van der Waals surface area contributed by atoms with Crippen LogP contribution in [0.1, 0.15) is 47.0 Å². The van der Waals surface area contributed by atoms with Crippen molar-refractivity contribution in [2.75, 3.05) is 6.61 Å². The van der Waals surface area contributed by atoms with Gasteiger partial charge in [0.25, 0.3) is 0 Å². The van der Waals surface area contributed by atoms with Gasteiger partial charge in [-0.1, -0.05) is 18.2 Å². The number of carbonyl (C=O) groups is 3. The maximum atomic E-state index is 12.5.